The molecule has 2 heterocycles. The number of anilines is 1. The highest BCUT2D eigenvalue weighted by Gasteiger charge is 2.34. The number of hydrogen-bond donors (Lipinski definition) is 1. The molecule has 0 aliphatic heterocycles. The number of benzene rings is 2. The van der Waals surface area contributed by atoms with Crippen molar-refractivity contribution in [2.45, 2.75) is 76.2 Å². The molecular weight excluding hydrogens is 557 g/mol. The van der Waals surface area contributed by atoms with Gasteiger partial charge in [-0.15, -0.1) is 5.10 Å². The molecule has 230 valence electrons. The minimum atomic E-state index is -0.755. The van der Waals surface area contributed by atoms with Crippen LogP contribution in [0.1, 0.15) is 81.7 Å². The zero-order valence-corrected chi connectivity index (χ0v) is 25.2. The number of carbonyl (C=O) groups excluding carboxylic acids is 1. The van der Waals surface area contributed by atoms with Crippen molar-refractivity contribution < 1.29 is 19.1 Å². The molecule has 7 rings (SSSR count). The smallest absolute Gasteiger partial charge is 0.306 e. The molecule has 9 heteroatoms. The fourth-order valence-corrected chi connectivity index (χ4v) is 7.44. The molecule has 8 nitrogen and oxygen atoms in total. The van der Waals surface area contributed by atoms with Gasteiger partial charge in [-0.2, -0.15) is 9.49 Å². The molecule has 0 atom stereocenters. The van der Waals surface area contributed by atoms with Crippen molar-refractivity contribution in [2.75, 3.05) is 11.4 Å². The minimum absolute atomic E-state index is 0.110. The maximum Gasteiger partial charge on any atom is 0.306 e. The van der Waals surface area contributed by atoms with Crippen LogP contribution in [-0.2, 0) is 16.6 Å². The van der Waals surface area contributed by atoms with Gasteiger partial charge < -0.3 is 10.0 Å². The molecule has 3 fully saturated rings. The van der Waals surface area contributed by atoms with E-state index in [1.807, 2.05) is 40.0 Å². The number of rotatable bonds is 8. The van der Waals surface area contributed by atoms with E-state index in [9.17, 15) is 19.1 Å². The lowest BCUT2D eigenvalue weighted by Crippen LogP contribution is -2.41. The van der Waals surface area contributed by atoms with E-state index < -0.39 is 11.9 Å². The predicted molar refractivity (Wildman–Crippen MR) is 167 cm³/mol. The van der Waals surface area contributed by atoms with Crippen LogP contribution in [0.25, 0.3) is 22.0 Å². The molecule has 2 aromatic heterocycles. The van der Waals surface area contributed by atoms with Crippen molar-refractivity contribution in [3.05, 3.63) is 66.4 Å². The van der Waals surface area contributed by atoms with E-state index in [1.165, 1.54) is 12.8 Å². The number of aryl methyl sites for hydroxylation is 1. The van der Waals surface area contributed by atoms with Gasteiger partial charge in [0.1, 0.15) is 0 Å². The number of hydrogen-bond acceptors (Lipinski definition) is 4. The standard InChI is InChI=1S/C35H40FN5O3/c1-39-32-16-13-27(18-31(32)33(36)38-39)23-7-5-22(6-8-23)20-40(34(42)24-9-11-25(12-10-24)35(43)44)30-4-2-3-26(17-30)28-19-37-41(21-28)29-14-15-29/h2-4,13,16-19,21-25,29H,5-12,14-15,20H2,1H3,(H,43,44). The second-order valence-electron chi connectivity index (χ2n) is 13.2. The number of aromatic nitrogens is 4. The quantitative estimate of drug-likeness (QED) is 0.234. The molecule has 0 spiro atoms. The number of aliphatic carboxylic acids is 1. The van der Waals surface area contributed by atoms with E-state index in [4.69, 9.17) is 0 Å². The number of carbonyl (C=O) groups is 2. The normalized spacial score (nSPS) is 24.0. The Morgan fingerprint density at radius 1 is 0.932 bits per heavy atom. The Hall–Kier alpha value is -4.01. The third-order valence-electron chi connectivity index (χ3n) is 10.3. The summed E-state index contributed by atoms with van der Waals surface area (Å²) in [6, 6.07) is 14.8. The average molecular weight is 598 g/mol. The van der Waals surface area contributed by atoms with Gasteiger partial charge in [0.25, 0.3) is 0 Å². The first-order valence-electron chi connectivity index (χ1n) is 16.1. The Balaban J connectivity index is 1.09. The predicted octanol–water partition coefficient (Wildman–Crippen LogP) is 7.11. The lowest BCUT2D eigenvalue weighted by atomic mass is 9.78. The third-order valence-corrected chi connectivity index (χ3v) is 10.3. The van der Waals surface area contributed by atoms with E-state index in [0.29, 0.717) is 55.5 Å². The topological polar surface area (TPSA) is 93.2 Å². The Kier molecular flexibility index (Phi) is 7.72. The highest BCUT2D eigenvalue weighted by molar-refractivity contribution is 5.96. The average Bonchev–Trinajstić information content (AvgIpc) is 3.71. The van der Waals surface area contributed by atoms with Crippen LogP contribution < -0.4 is 4.90 Å². The fourth-order valence-electron chi connectivity index (χ4n) is 7.44. The highest BCUT2D eigenvalue weighted by atomic mass is 19.1. The van der Waals surface area contributed by atoms with Crippen molar-refractivity contribution >= 4 is 28.5 Å². The van der Waals surface area contributed by atoms with Crippen molar-refractivity contribution in [1.29, 1.82) is 0 Å². The van der Waals surface area contributed by atoms with Crippen LogP contribution in [0.5, 0.6) is 0 Å². The van der Waals surface area contributed by atoms with Crippen molar-refractivity contribution in [1.82, 2.24) is 19.6 Å². The van der Waals surface area contributed by atoms with E-state index in [2.05, 4.69) is 34.6 Å². The second-order valence-corrected chi connectivity index (χ2v) is 13.2. The Bertz CT molecular complexity index is 1670. The molecule has 3 aliphatic rings. The number of carboxylic acid groups (broad SMARTS) is 1. The summed E-state index contributed by atoms with van der Waals surface area (Å²) in [6.07, 6.45) is 12.6. The molecule has 0 radical (unpaired) electrons. The lowest BCUT2D eigenvalue weighted by Gasteiger charge is -2.36. The van der Waals surface area contributed by atoms with E-state index in [1.54, 1.807) is 11.7 Å². The zero-order chi connectivity index (χ0) is 30.4. The van der Waals surface area contributed by atoms with Crippen LogP contribution in [-0.4, -0.2) is 43.1 Å². The van der Waals surface area contributed by atoms with Gasteiger partial charge in [-0.1, -0.05) is 18.2 Å². The first-order valence-corrected chi connectivity index (χ1v) is 16.1. The van der Waals surface area contributed by atoms with Crippen molar-refractivity contribution in [3.8, 4) is 11.1 Å². The summed E-state index contributed by atoms with van der Waals surface area (Å²) in [7, 11) is 1.76. The Labute approximate surface area is 256 Å². The molecule has 2 aromatic carbocycles. The molecule has 1 N–H and O–H groups in total. The SMILES string of the molecule is Cn1nc(F)c2cc(C3CCC(CN(C(=O)C4CCC(C(=O)O)CC4)c4cccc(-c5cnn(C6CC6)c5)c4)CC3)ccc21. The van der Waals surface area contributed by atoms with Gasteiger partial charge in [0.05, 0.1) is 29.1 Å². The summed E-state index contributed by atoms with van der Waals surface area (Å²) in [6.45, 7) is 0.644. The number of amides is 1. The fraction of sp³-hybridized carbons (Fsp3) is 0.486. The largest absolute Gasteiger partial charge is 0.481 e. The minimum Gasteiger partial charge on any atom is -0.481 e. The Morgan fingerprint density at radius 3 is 2.41 bits per heavy atom. The van der Waals surface area contributed by atoms with Crippen LogP contribution in [0.15, 0.2) is 54.9 Å². The molecule has 4 aromatic rings. The van der Waals surface area contributed by atoms with Gasteiger partial charge in [0.15, 0.2) is 0 Å². The molecular formula is C35H40FN5O3. The van der Waals surface area contributed by atoms with Gasteiger partial charge in [-0.25, -0.2) is 0 Å². The molecule has 44 heavy (non-hydrogen) atoms. The molecule has 0 saturated heterocycles. The van der Waals surface area contributed by atoms with Crippen LogP contribution in [0.4, 0.5) is 10.1 Å². The van der Waals surface area contributed by atoms with Gasteiger partial charge in [-0.05, 0) is 111 Å². The second kappa shape index (κ2) is 11.8. The summed E-state index contributed by atoms with van der Waals surface area (Å²) in [5, 5.41) is 18.6. The lowest BCUT2D eigenvalue weighted by molar-refractivity contribution is -0.144. The van der Waals surface area contributed by atoms with Gasteiger partial charge in [0, 0.05) is 37.0 Å². The number of halogens is 1. The maximum absolute atomic E-state index is 14.4. The van der Waals surface area contributed by atoms with Crippen LogP contribution in [0.3, 0.4) is 0 Å². The summed E-state index contributed by atoms with van der Waals surface area (Å²) in [4.78, 5) is 27.7. The number of fused-ring (bicyclic) bond motifs is 1. The molecule has 0 bridgehead atoms. The molecule has 3 aliphatic carbocycles. The summed E-state index contributed by atoms with van der Waals surface area (Å²) < 4.78 is 18.0. The monoisotopic (exact) mass is 597 g/mol. The third kappa shape index (κ3) is 5.76. The number of nitrogens with zero attached hydrogens (tertiary/aromatic N) is 5. The van der Waals surface area contributed by atoms with Crippen LogP contribution in [0, 0.1) is 23.7 Å². The van der Waals surface area contributed by atoms with Crippen LogP contribution in [0.2, 0.25) is 0 Å². The summed E-state index contributed by atoms with van der Waals surface area (Å²) >= 11 is 0. The van der Waals surface area contributed by atoms with Crippen LogP contribution >= 0.6 is 0 Å². The molecule has 3 saturated carbocycles. The maximum atomic E-state index is 14.4. The summed E-state index contributed by atoms with van der Waals surface area (Å²) in [5.41, 5.74) is 4.95. The Morgan fingerprint density at radius 2 is 1.68 bits per heavy atom. The highest BCUT2D eigenvalue weighted by Crippen LogP contribution is 2.40. The van der Waals surface area contributed by atoms with E-state index in [0.717, 1.165) is 53.6 Å². The molecule has 0 unspecified atom stereocenters. The number of carboxylic acids is 1. The van der Waals surface area contributed by atoms with Gasteiger partial charge in [0.2, 0.25) is 11.9 Å². The first-order chi connectivity index (χ1) is 21.3. The van der Waals surface area contributed by atoms with Gasteiger partial charge >= 0.3 is 5.97 Å². The molecule has 1 amide bonds. The van der Waals surface area contributed by atoms with Gasteiger partial charge in [-0.3, -0.25) is 19.0 Å². The van der Waals surface area contributed by atoms with Crippen molar-refractivity contribution in [3.63, 3.8) is 0 Å². The van der Waals surface area contributed by atoms with Crippen molar-refractivity contribution in [2.24, 2.45) is 24.8 Å². The summed E-state index contributed by atoms with van der Waals surface area (Å²) in [5.74, 6) is -0.874. The van der Waals surface area contributed by atoms with E-state index in [-0.39, 0.29) is 17.7 Å². The van der Waals surface area contributed by atoms with E-state index >= 15 is 0 Å². The zero-order valence-electron chi connectivity index (χ0n) is 25.2. The first kappa shape index (κ1) is 28.7.